The molecule has 0 saturated heterocycles. The van der Waals surface area contributed by atoms with Gasteiger partial charge in [0.15, 0.2) is 5.82 Å². The molecule has 0 N–H and O–H groups in total. The molecular weight excluding hydrogens is 254 g/mol. The van der Waals surface area contributed by atoms with Gasteiger partial charge in [0.1, 0.15) is 12.8 Å². The molecule has 0 bridgehead atoms. The van der Waals surface area contributed by atoms with Gasteiger partial charge in [0.05, 0.1) is 0 Å². The van der Waals surface area contributed by atoms with Crippen LogP contribution in [0.3, 0.4) is 0 Å². The second-order valence-corrected chi connectivity index (χ2v) is 5.20. The van der Waals surface area contributed by atoms with Gasteiger partial charge in [-0.25, -0.2) is 0 Å². The van der Waals surface area contributed by atoms with Gasteiger partial charge in [-0.05, 0) is 37.1 Å². The number of rotatable bonds is 4. The summed E-state index contributed by atoms with van der Waals surface area (Å²) in [5, 5.41) is 5.06. The standard InChI is InChI=1S/C15H13N3O2/c19-9-10-1-4-13-12(7-10)5-6-18(13)8-14-16-15(17-20-14)11-2-3-11/h1,4-7,9,11H,2-3,8H2. The van der Waals surface area contributed by atoms with Gasteiger partial charge in [0.25, 0.3) is 0 Å². The maximum atomic E-state index is 10.8. The van der Waals surface area contributed by atoms with Gasteiger partial charge in [-0.3, -0.25) is 4.79 Å². The van der Waals surface area contributed by atoms with Crippen LogP contribution in [-0.4, -0.2) is 21.0 Å². The SMILES string of the molecule is O=Cc1ccc2c(ccn2Cc2nc(C3CC3)no2)c1. The fourth-order valence-corrected chi connectivity index (χ4v) is 2.42. The van der Waals surface area contributed by atoms with Crippen LogP contribution in [-0.2, 0) is 6.54 Å². The highest BCUT2D eigenvalue weighted by Crippen LogP contribution is 2.38. The number of aldehydes is 1. The predicted molar refractivity (Wildman–Crippen MR) is 72.7 cm³/mol. The molecule has 0 amide bonds. The van der Waals surface area contributed by atoms with E-state index in [1.807, 2.05) is 35.0 Å². The van der Waals surface area contributed by atoms with Crippen LogP contribution in [0.5, 0.6) is 0 Å². The first kappa shape index (κ1) is 11.4. The number of hydrogen-bond donors (Lipinski definition) is 0. The highest BCUT2D eigenvalue weighted by atomic mass is 16.5. The van der Waals surface area contributed by atoms with E-state index in [4.69, 9.17) is 4.52 Å². The Bertz CT molecular complexity index is 783. The van der Waals surface area contributed by atoms with E-state index in [9.17, 15) is 4.79 Å². The Morgan fingerprint density at radius 2 is 2.25 bits per heavy atom. The molecule has 1 aliphatic carbocycles. The fourth-order valence-electron chi connectivity index (χ4n) is 2.42. The van der Waals surface area contributed by atoms with Gasteiger partial charge >= 0.3 is 0 Å². The molecule has 0 aliphatic heterocycles. The van der Waals surface area contributed by atoms with Crippen molar-refractivity contribution in [1.82, 2.24) is 14.7 Å². The van der Waals surface area contributed by atoms with Crippen LogP contribution in [0.1, 0.15) is 40.8 Å². The van der Waals surface area contributed by atoms with Crippen molar-refractivity contribution in [1.29, 1.82) is 0 Å². The lowest BCUT2D eigenvalue weighted by Crippen LogP contribution is -1.98. The molecule has 0 atom stereocenters. The van der Waals surface area contributed by atoms with E-state index in [2.05, 4.69) is 10.1 Å². The van der Waals surface area contributed by atoms with Crippen molar-refractivity contribution in [3.05, 3.63) is 47.7 Å². The van der Waals surface area contributed by atoms with E-state index in [0.29, 0.717) is 23.9 Å². The van der Waals surface area contributed by atoms with E-state index < -0.39 is 0 Å². The van der Waals surface area contributed by atoms with Crippen molar-refractivity contribution in [3.63, 3.8) is 0 Å². The average molecular weight is 267 g/mol. The summed E-state index contributed by atoms with van der Waals surface area (Å²) in [6.07, 6.45) is 5.16. The summed E-state index contributed by atoms with van der Waals surface area (Å²) in [5.41, 5.74) is 1.74. The first-order valence-corrected chi connectivity index (χ1v) is 6.70. The van der Waals surface area contributed by atoms with Crippen LogP contribution in [0.25, 0.3) is 10.9 Å². The third-order valence-corrected chi connectivity index (χ3v) is 3.66. The minimum atomic E-state index is 0.504. The van der Waals surface area contributed by atoms with Crippen LogP contribution >= 0.6 is 0 Å². The Hall–Kier alpha value is -2.43. The lowest BCUT2D eigenvalue weighted by molar-refractivity contribution is 0.112. The van der Waals surface area contributed by atoms with Crippen LogP contribution in [0.15, 0.2) is 35.0 Å². The molecule has 2 aromatic heterocycles. The van der Waals surface area contributed by atoms with Crippen molar-refractivity contribution >= 4 is 17.2 Å². The quantitative estimate of drug-likeness (QED) is 0.682. The van der Waals surface area contributed by atoms with Crippen molar-refractivity contribution in [2.75, 3.05) is 0 Å². The molecule has 2 heterocycles. The summed E-state index contributed by atoms with van der Waals surface area (Å²) in [6.45, 7) is 0.559. The molecule has 1 aromatic carbocycles. The van der Waals surface area contributed by atoms with Crippen molar-refractivity contribution in [2.45, 2.75) is 25.3 Å². The van der Waals surface area contributed by atoms with Gasteiger partial charge in [0, 0.05) is 28.6 Å². The van der Waals surface area contributed by atoms with Gasteiger partial charge in [0.2, 0.25) is 5.89 Å². The first-order valence-electron chi connectivity index (χ1n) is 6.70. The van der Waals surface area contributed by atoms with Crippen molar-refractivity contribution in [3.8, 4) is 0 Å². The van der Waals surface area contributed by atoms with E-state index in [1.165, 1.54) is 12.8 Å². The number of fused-ring (bicyclic) bond motifs is 1. The minimum absolute atomic E-state index is 0.504. The molecule has 3 aromatic rings. The second kappa shape index (κ2) is 4.30. The number of hydrogen-bond acceptors (Lipinski definition) is 4. The average Bonchev–Trinajstić information content (AvgIpc) is 3.10. The number of carbonyl (C=O) groups is 1. The fraction of sp³-hybridized carbons (Fsp3) is 0.267. The van der Waals surface area contributed by atoms with Crippen LogP contribution in [0.4, 0.5) is 0 Å². The molecule has 5 heteroatoms. The van der Waals surface area contributed by atoms with E-state index in [1.54, 1.807) is 0 Å². The maximum absolute atomic E-state index is 10.8. The van der Waals surface area contributed by atoms with Gasteiger partial charge in [-0.1, -0.05) is 5.16 Å². The zero-order valence-electron chi connectivity index (χ0n) is 10.8. The molecule has 100 valence electrons. The number of benzene rings is 1. The molecule has 1 saturated carbocycles. The molecule has 0 unspecified atom stereocenters. The minimum Gasteiger partial charge on any atom is -0.338 e. The van der Waals surface area contributed by atoms with Crippen molar-refractivity contribution in [2.24, 2.45) is 0 Å². The van der Waals surface area contributed by atoms with Crippen molar-refractivity contribution < 1.29 is 9.32 Å². The third kappa shape index (κ3) is 1.91. The Labute approximate surface area is 115 Å². The normalized spacial score (nSPS) is 14.8. The van der Waals surface area contributed by atoms with Crippen LogP contribution < -0.4 is 0 Å². The summed E-state index contributed by atoms with van der Waals surface area (Å²) < 4.78 is 7.34. The second-order valence-electron chi connectivity index (χ2n) is 5.20. The monoisotopic (exact) mass is 267 g/mol. The Morgan fingerprint density at radius 3 is 3.05 bits per heavy atom. The van der Waals surface area contributed by atoms with Gasteiger partial charge in [-0.2, -0.15) is 4.98 Å². The Balaban J connectivity index is 1.65. The molecule has 0 radical (unpaired) electrons. The number of carbonyl (C=O) groups excluding carboxylic acids is 1. The summed E-state index contributed by atoms with van der Waals surface area (Å²) in [6, 6.07) is 7.62. The lowest BCUT2D eigenvalue weighted by Gasteiger charge is -2.01. The molecule has 1 aliphatic rings. The summed E-state index contributed by atoms with van der Waals surface area (Å²) in [4.78, 5) is 15.2. The van der Waals surface area contributed by atoms with Gasteiger partial charge < -0.3 is 9.09 Å². The highest BCUT2D eigenvalue weighted by molar-refractivity contribution is 5.87. The van der Waals surface area contributed by atoms with E-state index in [0.717, 1.165) is 23.0 Å². The number of nitrogens with zero attached hydrogens (tertiary/aromatic N) is 3. The molecule has 20 heavy (non-hydrogen) atoms. The summed E-state index contributed by atoms with van der Waals surface area (Å²) >= 11 is 0. The smallest absolute Gasteiger partial charge is 0.246 e. The molecule has 5 nitrogen and oxygen atoms in total. The van der Waals surface area contributed by atoms with Crippen LogP contribution in [0.2, 0.25) is 0 Å². The largest absolute Gasteiger partial charge is 0.338 e. The van der Waals surface area contributed by atoms with E-state index in [-0.39, 0.29) is 0 Å². The molecule has 1 fully saturated rings. The lowest BCUT2D eigenvalue weighted by atomic mass is 10.2. The first-order chi connectivity index (χ1) is 9.83. The van der Waals surface area contributed by atoms with Gasteiger partial charge in [-0.15, -0.1) is 0 Å². The zero-order valence-corrected chi connectivity index (χ0v) is 10.8. The molecular formula is C15H13N3O2. The maximum Gasteiger partial charge on any atom is 0.246 e. The summed E-state index contributed by atoms with van der Waals surface area (Å²) in [5.74, 6) is 1.97. The molecule has 0 spiro atoms. The summed E-state index contributed by atoms with van der Waals surface area (Å²) in [7, 11) is 0. The zero-order chi connectivity index (χ0) is 13.5. The Morgan fingerprint density at radius 1 is 1.35 bits per heavy atom. The van der Waals surface area contributed by atoms with E-state index >= 15 is 0 Å². The topological polar surface area (TPSA) is 60.9 Å². The molecule has 4 rings (SSSR count). The van der Waals surface area contributed by atoms with Crippen LogP contribution in [0, 0.1) is 0 Å². The predicted octanol–water partition coefficient (Wildman–Crippen LogP) is 2.76. The number of aromatic nitrogens is 3. The Kier molecular flexibility index (Phi) is 2.45. The third-order valence-electron chi connectivity index (χ3n) is 3.66. The highest BCUT2D eigenvalue weighted by Gasteiger charge is 2.28.